The zero-order chi connectivity index (χ0) is 19.4. The Morgan fingerprint density at radius 2 is 2.00 bits per heavy atom. The molecule has 0 N–H and O–H groups in total. The molecule has 0 atom stereocenters. The highest BCUT2D eigenvalue weighted by molar-refractivity contribution is 6.15. The quantitative estimate of drug-likeness (QED) is 0.387. The molecular formula is C23H19NO4. The minimum absolute atomic E-state index is 0.0111. The highest BCUT2D eigenvalue weighted by atomic mass is 16.5. The molecule has 5 nitrogen and oxygen atoms in total. The van der Waals surface area contributed by atoms with Crippen molar-refractivity contribution < 1.29 is 19.1 Å². The lowest BCUT2D eigenvalue weighted by atomic mass is 10.1. The van der Waals surface area contributed by atoms with Gasteiger partial charge in [0.05, 0.1) is 11.5 Å². The fourth-order valence-electron chi connectivity index (χ4n) is 3.62. The normalized spacial score (nSPS) is 17.1. The van der Waals surface area contributed by atoms with Crippen LogP contribution in [0.2, 0.25) is 0 Å². The number of ketones is 1. The minimum atomic E-state index is -0.209. The third-order valence-corrected chi connectivity index (χ3v) is 5.37. The first-order valence-corrected chi connectivity index (χ1v) is 9.36. The molecule has 2 aliphatic rings. The third kappa shape index (κ3) is 2.62. The Hall–Kier alpha value is -3.34. The molecule has 0 amide bonds. The number of carbonyl (C=O) groups excluding carboxylic acids is 2. The summed E-state index contributed by atoms with van der Waals surface area (Å²) >= 11 is 0. The maximum atomic E-state index is 12.8. The molecule has 3 aromatic rings. The van der Waals surface area contributed by atoms with E-state index in [2.05, 4.69) is 0 Å². The van der Waals surface area contributed by atoms with E-state index < -0.39 is 0 Å². The van der Waals surface area contributed by atoms with Crippen LogP contribution in [0.4, 0.5) is 0 Å². The van der Waals surface area contributed by atoms with Crippen LogP contribution in [0, 0.1) is 12.8 Å². The van der Waals surface area contributed by atoms with Crippen molar-refractivity contribution in [2.75, 3.05) is 0 Å². The van der Waals surface area contributed by atoms with E-state index in [1.54, 1.807) is 18.2 Å². The van der Waals surface area contributed by atoms with Crippen molar-refractivity contribution in [1.29, 1.82) is 0 Å². The number of hydrogen-bond acceptors (Lipinski definition) is 4. The molecule has 1 aliphatic heterocycles. The third-order valence-electron chi connectivity index (χ3n) is 5.37. The number of Topliss-reactive ketones (excluding diaryl/α,β-unsaturated/α-hetero) is 1. The van der Waals surface area contributed by atoms with Crippen molar-refractivity contribution in [3.05, 3.63) is 65.0 Å². The first-order chi connectivity index (χ1) is 13.5. The molecule has 28 heavy (non-hydrogen) atoms. The smallest absolute Gasteiger partial charge is 0.314 e. The van der Waals surface area contributed by atoms with Gasteiger partial charge >= 0.3 is 5.97 Å². The van der Waals surface area contributed by atoms with E-state index in [1.165, 1.54) is 0 Å². The Morgan fingerprint density at radius 1 is 1.21 bits per heavy atom. The number of benzene rings is 2. The second kappa shape index (κ2) is 6.09. The summed E-state index contributed by atoms with van der Waals surface area (Å²) in [5.41, 5.74) is 3.17. The highest BCUT2D eigenvalue weighted by Gasteiger charge is 2.34. The van der Waals surface area contributed by atoms with E-state index >= 15 is 0 Å². The van der Waals surface area contributed by atoms with Gasteiger partial charge in [-0.3, -0.25) is 9.59 Å². The SMILES string of the molecule is Cc1c(OC(=O)C2CC2)ccc2c1OC(=Cc1cn(C)c3ccccc13)C2=O. The molecule has 1 aromatic heterocycles. The van der Waals surface area contributed by atoms with E-state index in [0.29, 0.717) is 22.6 Å². The van der Waals surface area contributed by atoms with E-state index in [9.17, 15) is 9.59 Å². The summed E-state index contributed by atoms with van der Waals surface area (Å²) in [6.07, 6.45) is 5.53. The van der Waals surface area contributed by atoms with Gasteiger partial charge in [-0.15, -0.1) is 0 Å². The van der Waals surface area contributed by atoms with Crippen LogP contribution in [0.15, 0.2) is 48.4 Å². The van der Waals surface area contributed by atoms with Gasteiger partial charge in [0, 0.05) is 35.3 Å². The van der Waals surface area contributed by atoms with Gasteiger partial charge in [0.15, 0.2) is 5.76 Å². The van der Waals surface area contributed by atoms with Crippen molar-refractivity contribution >= 4 is 28.7 Å². The van der Waals surface area contributed by atoms with Crippen molar-refractivity contribution in [1.82, 2.24) is 4.57 Å². The molecule has 0 bridgehead atoms. The number of nitrogens with zero attached hydrogens (tertiary/aromatic N) is 1. The summed E-state index contributed by atoms with van der Waals surface area (Å²) in [5.74, 6) is 0.842. The van der Waals surface area contributed by atoms with Crippen molar-refractivity contribution in [2.45, 2.75) is 19.8 Å². The summed E-state index contributed by atoms with van der Waals surface area (Å²) in [6.45, 7) is 1.81. The Kier molecular flexibility index (Phi) is 3.66. The monoisotopic (exact) mass is 373 g/mol. The Labute approximate surface area is 162 Å². The molecule has 5 heteroatoms. The minimum Gasteiger partial charge on any atom is -0.452 e. The van der Waals surface area contributed by atoms with Crippen molar-refractivity contribution in [3.63, 3.8) is 0 Å². The Balaban J connectivity index is 1.50. The maximum Gasteiger partial charge on any atom is 0.314 e. The molecule has 0 unspecified atom stereocenters. The predicted molar refractivity (Wildman–Crippen MR) is 105 cm³/mol. The molecule has 140 valence electrons. The topological polar surface area (TPSA) is 57.5 Å². The van der Waals surface area contributed by atoms with Crippen LogP contribution in [0.25, 0.3) is 17.0 Å². The average Bonchev–Trinajstić information content (AvgIpc) is 3.44. The molecule has 2 heterocycles. The molecule has 0 spiro atoms. The van der Waals surface area contributed by atoms with Crippen molar-refractivity contribution in [2.24, 2.45) is 13.0 Å². The molecular weight excluding hydrogens is 354 g/mol. The predicted octanol–water partition coefficient (Wildman–Crippen LogP) is 4.42. The largest absolute Gasteiger partial charge is 0.452 e. The number of rotatable bonds is 3. The molecule has 2 aromatic carbocycles. The number of carbonyl (C=O) groups is 2. The number of para-hydroxylation sites is 1. The lowest BCUT2D eigenvalue weighted by molar-refractivity contribution is -0.135. The molecule has 1 fully saturated rings. The lowest BCUT2D eigenvalue weighted by Gasteiger charge is -2.09. The summed E-state index contributed by atoms with van der Waals surface area (Å²) in [5, 5.41) is 1.06. The molecule has 1 aliphatic carbocycles. The number of aromatic nitrogens is 1. The highest BCUT2D eigenvalue weighted by Crippen LogP contribution is 2.40. The second-order valence-electron chi connectivity index (χ2n) is 7.41. The Morgan fingerprint density at radius 3 is 2.79 bits per heavy atom. The number of allylic oxidation sites excluding steroid dienone is 1. The van der Waals surface area contributed by atoms with Crippen LogP contribution in [0.5, 0.6) is 11.5 Å². The zero-order valence-corrected chi connectivity index (χ0v) is 15.7. The number of fused-ring (bicyclic) bond motifs is 2. The number of aryl methyl sites for hydroxylation is 1. The number of esters is 1. The molecule has 0 radical (unpaired) electrons. The molecule has 1 saturated carbocycles. The van der Waals surface area contributed by atoms with Crippen LogP contribution in [-0.2, 0) is 11.8 Å². The lowest BCUT2D eigenvalue weighted by Crippen LogP contribution is -2.10. The fourth-order valence-corrected chi connectivity index (χ4v) is 3.62. The number of ether oxygens (including phenoxy) is 2. The van der Waals surface area contributed by atoms with Gasteiger partial charge in [-0.05, 0) is 44.0 Å². The van der Waals surface area contributed by atoms with E-state index in [1.807, 2.05) is 49.0 Å². The first-order valence-electron chi connectivity index (χ1n) is 9.36. The van der Waals surface area contributed by atoms with Crippen LogP contribution in [0.1, 0.15) is 34.3 Å². The van der Waals surface area contributed by atoms with Crippen LogP contribution >= 0.6 is 0 Å². The summed E-state index contributed by atoms with van der Waals surface area (Å²) in [4.78, 5) is 24.8. The summed E-state index contributed by atoms with van der Waals surface area (Å²) < 4.78 is 13.4. The van der Waals surface area contributed by atoms with Gasteiger partial charge < -0.3 is 14.0 Å². The Bertz CT molecular complexity index is 1180. The van der Waals surface area contributed by atoms with Crippen LogP contribution < -0.4 is 9.47 Å². The van der Waals surface area contributed by atoms with Crippen LogP contribution in [0.3, 0.4) is 0 Å². The van der Waals surface area contributed by atoms with Crippen LogP contribution in [-0.4, -0.2) is 16.3 Å². The summed E-state index contributed by atoms with van der Waals surface area (Å²) in [7, 11) is 1.97. The maximum absolute atomic E-state index is 12.8. The second-order valence-corrected chi connectivity index (χ2v) is 7.41. The number of hydrogen-bond donors (Lipinski definition) is 0. The zero-order valence-electron chi connectivity index (χ0n) is 15.7. The molecule has 0 saturated heterocycles. The van der Waals surface area contributed by atoms with Gasteiger partial charge in [-0.1, -0.05) is 18.2 Å². The van der Waals surface area contributed by atoms with E-state index in [4.69, 9.17) is 9.47 Å². The van der Waals surface area contributed by atoms with E-state index in [-0.39, 0.29) is 23.4 Å². The van der Waals surface area contributed by atoms with Gasteiger partial charge in [-0.25, -0.2) is 0 Å². The van der Waals surface area contributed by atoms with Crippen molar-refractivity contribution in [3.8, 4) is 11.5 Å². The van der Waals surface area contributed by atoms with E-state index in [0.717, 1.165) is 29.3 Å². The molecule has 5 rings (SSSR count). The van der Waals surface area contributed by atoms with Gasteiger partial charge in [-0.2, -0.15) is 0 Å². The van der Waals surface area contributed by atoms with Gasteiger partial charge in [0.2, 0.25) is 5.78 Å². The van der Waals surface area contributed by atoms with Gasteiger partial charge in [0.1, 0.15) is 11.5 Å². The first kappa shape index (κ1) is 16.8. The van der Waals surface area contributed by atoms with Gasteiger partial charge in [0.25, 0.3) is 0 Å². The average molecular weight is 373 g/mol. The summed E-state index contributed by atoms with van der Waals surface area (Å²) in [6, 6.07) is 11.4. The fraction of sp³-hybridized carbons (Fsp3) is 0.217. The standard InChI is InChI=1S/C23H19NO4/c1-13-19(28-23(26)14-7-8-14)10-9-17-21(25)20(27-22(13)17)11-15-12-24(2)18-6-4-3-5-16(15)18/h3-6,9-12,14H,7-8H2,1-2H3.